The number of benzene rings is 1. The van der Waals surface area contributed by atoms with E-state index >= 15 is 0 Å². The number of carbonyl (C=O) groups excluding carboxylic acids is 1. The number of aromatic carboxylic acids is 1. The van der Waals surface area contributed by atoms with Crippen molar-refractivity contribution in [2.24, 2.45) is 0 Å². The van der Waals surface area contributed by atoms with Crippen LogP contribution >= 0.6 is 11.3 Å². The maximum atomic E-state index is 11.8. The van der Waals surface area contributed by atoms with E-state index in [1.54, 1.807) is 0 Å². The van der Waals surface area contributed by atoms with E-state index in [0.29, 0.717) is 24.4 Å². The summed E-state index contributed by atoms with van der Waals surface area (Å²) >= 11 is 1.29. The molecule has 22 heavy (non-hydrogen) atoms. The molecule has 0 aliphatic carbocycles. The normalized spacial score (nSPS) is 10.4. The fourth-order valence-electron chi connectivity index (χ4n) is 1.97. The van der Waals surface area contributed by atoms with Crippen LogP contribution in [0.15, 0.2) is 29.6 Å². The number of carboxylic acid groups (broad SMARTS) is 1. The summed E-state index contributed by atoms with van der Waals surface area (Å²) in [6.45, 7) is 2.55. The van der Waals surface area contributed by atoms with Crippen molar-refractivity contribution in [3.63, 3.8) is 0 Å². The Balaban J connectivity index is 1.76. The molecule has 2 N–H and O–H groups in total. The first-order chi connectivity index (χ1) is 10.6. The second-order valence-electron chi connectivity index (χ2n) is 4.88. The molecule has 2 aromatic rings. The van der Waals surface area contributed by atoms with Crippen LogP contribution in [0.2, 0.25) is 0 Å². The van der Waals surface area contributed by atoms with Gasteiger partial charge in [0.05, 0.1) is 11.4 Å². The Labute approximate surface area is 133 Å². The van der Waals surface area contributed by atoms with Crippen molar-refractivity contribution in [2.45, 2.75) is 26.2 Å². The van der Waals surface area contributed by atoms with E-state index in [1.165, 1.54) is 22.3 Å². The molecule has 0 saturated carbocycles. The Morgan fingerprint density at radius 3 is 2.50 bits per heavy atom. The molecule has 0 bridgehead atoms. The van der Waals surface area contributed by atoms with Gasteiger partial charge in [-0.25, -0.2) is 9.78 Å². The van der Waals surface area contributed by atoms with E-state index in [0.717, 1.165) is 12.0 Å². The van der Waals surface area contributed by atoms with Crippen LogP contribution in [-0.4, -0.2) is 28.5 Å². The van der Waals surface area contributed by atoms with Gasteiger partial charge in [-0.05, 0) is 17.5 Å². The lowest BCUT2D eigenvalue weighted by atomic mass is 10.1. The van der Waals surface area contributed by atoms with Crippen molar-refractivity contribution in [3.8, 4) is 0 Å². The zero-order valence-corrected chi connectivity index (χ0v) is 13.2. The van der Waals surface area contributed by atoms with E-state index in [-0.39, 0.29) is 11.6 Å². The minimum atomic E-state index is -1.03. The van der Waals surface area contributed by atoms with Crippen molar-refractivity contribution in [3.05, 3.63) is 51.5 Å². The van der Waals surface area contributed by atoms with Crippen LogP contribution in [0.3, 0.4) is 0 Å². The molecule has 2 rings (SSSR count). The van der Waals surface area contributed by atoms with Crippen molar-refractivity contribution < 1.29 is 14.7 Å². The topological polar surface area (TPSA) is 79.3 Å². The summed E-state index contributed by atoms with van der Waals surface area (Å²) < 4.78 is 0. The molecule has 0 spiro atoms. The Hall–Kier alpha value is -2.21. The predicted octanol–water partition coefficient (Wildman–Crippen LogP) is 2.31. The number of carbonyl (C=O) groups is 2. The van der Waals surface area contributed by atoms with Gasteiger partial charge in [0.25, 0.3) is 0 Å². The highest BCUT2D eigenvalue weighted by Crippen LogP contribution is 2.10. The average molecular weight is 318 g/mol. The molecule has 116 valence electrons. The molecule has 1 heterocycles. The molecule has 0 radical (unpaired) electrons. The van der Waals surface area contributed by atoms with Gasteiger partial charge in [0.1, 0.15) is 0 Å². The maximum Gasteiger partial charge on any atom is 0.355 e. The maximum absolute atomic E-state index is 11.8. The highest BCUT2D eigenvalue weighted by Gasteiger charge is 2.09. The van der Waals surface area contributed by atoms with Crippen LogP contribution in [0, 0.1) is 0 Å². The zero-order chi connectivity index (χ0) is 15.9. The van der Waals surface area contributed by atoms with Gasteiger partial charge in [-0.15, -0.1) is 11.3 Å². The predicted molar refractivity (Wildman–Crippen MR) is 85.3 cm³/mol. The number of hydrogen-bond acceptors (Lipinski definition) is 4. The Kier molecular flexibility index (Phi) is 5.66. The van der Waals surface area contributed by atoms with Gasteiger partial charge < -0.3 is 10.4 Å². The standard InChI is InChI=1S/C16H18N2O3S/c1-2-11-3-5-12(6-4-11)9-14(19)17-8-7-15-18-13(10-22-15)16(20)21/h3-6,10H,2,7-9H2,1H3,(H,17,19)(H,20,21). The third-order valence-corrected chi connectivity index (χ3v) is 4.14. The molecule has 0 saturated heterocycles. The van der Waals surface area contributed by atoms with Gasteiger partial charge in [-0.1, -0.05) is 31.2 Å². The molecule has 0 unspecified atom stereocenters. The van der Waals surface area contributed by atoms with Gasteiger partial charge in [-0.3, -0.25) is 4.79 Å². The smallest absolute Gasteiger partial charge is 0.355 e. The first-order valence-electron chi connectivity index (χ1n) is 7.10. The fourth-order valence-corrected chi connectivity index (χ4v) is 2.75. The van der Waals surface area contributed by atoms with Gasteiger partial charge in [0, 0.05) is 18.3 Å². The molecule has 1 amide bonds. The number of carboxylic acids is 1. The largest absolute Gasteiger partial charge is 0.476 e. The van der Waals surface area contributed by atoms with Gasteiger partial charge in [-0.2, -0.15) is 0 Å². The van der Waals surface area contributed by atoms with Gasteiger partial charge in [0.2, 0.25) is 5.91 Å². The average Bonchev–Trinajstić information content (AvgIpc) is 2.97. The Morgan fingerprint density at radius 2 is 1.91 bits per heavy atom. The van der Waals surface area contributed by atoms with E-state index in [4.69, 9.17) is 5.11 Å². The molecular weight excluding hydrogens is 300 g/mol. The van der Waals surface area contributed by atoms with Crippen molar-refractivity contribution in [1.29, 1.82) is 0 Å². The molecule has 5 nitrogen and oxygen atoms in total. The summed E-state index contributed by atoms with van der Waals surface area (Å²) in [5.41, 5.74) is 2.29. The highest BCUT2D eigenvalue weighted by atomic mass is 32.1. The highest BCUT2D eigenvalue weighted by molar-refractivity contribution is 7.09. The van der Waals surface area contributed by atoms with Crippen molar-refractivity contribution in [1.82, 2.24) is 10.3 Å². The summed E-state index contributed by atoms with van der Waals surface area (Å²) in [7, 11) is 0. The SMILES string of the molecule is CCc1ccc(CC(=O)NCCc2nc(C(=O)O)cs2)cc1. The number of rotatable bonds is 7. The minimum Gasteiger partial charge on any atom is -0.476 e. The molecule has 0 atom stereocenters. The lowest BCUT2D eigenvalue weighted by Gasteiger charge is -2.05. The minimum absolute atomic E-state index is 0.0423. The molecule has 1 aromatic carbocycles. The number of aryl methyl sites for hydroxylation is 1. The summed E-state index contributed by atoms with van der Waals surface area (Å²) in [6.07, 6.45) is 1.87. The van der Waals surface area contributed by atoms with E-state index in [2.05, 4.69) is 17.2 Å². The van der Waals surface area contributed by atoms with E-state index in [9.17, 15) is 9.59 Å². The van der Waals surface area contributed by atoms with E-state index in [1.807, 2.05) is 24.3 Å². The summed E-state index contributed by atoms with van der Waals surface area (Å²) in [5, 5.41) is 13.8. The van der Waals surface area contributed by atoms with Crippen molar-refractivity contribution in [2.75, 3.05) is 6.54 Å². The Bertz CT molecular complexity index is 650. The van der Waals surface area contributed by atoms with Crippen LogP contribution in [0.1, 0.15) is 33.5 Å². The number of aromatic nitrogens is 1. The van der Waals surface area contributed by atoms with Crippen LogP contribution < -0.4 is 5.32 Å². The third-order valence-electron chi connectivity index (χ3n) is 3.23. The number of thiazole rings is 1. The molecular formula is C16H18N2O3S. The van der Waals surface area contributed by atoms with Crippen LogP contribution in [-0.2, 0) is 24.1 Å². The fraction of sp³-hybridized carbons (Fsp3) is 0.312. The van der Waals surface area contributed by atoms with Crippen LogP contribution in [0.5, 0.6) is 0 Å². The van der Waals surface area contributed by atoms with Crippen LogP contribution in [0.25, 0.3) is 0 Å². The number of nitrogens with zero attached hydrogens (tertiary/aromatic N) is 1. The number of amides is 1. The quantitative estimate of drug-likeness (QED) is 0.821. The second kappa shape index (κ2) is 7.70. The van der Waals surface area contributed by atoms with Crippen LogP contribution in [0.4, 0.5) is 0 Å². The lowest BCUT2D eigenvalue weighted by Crippen LogP contribution is -2.27. The summed E-state index contributed by atoms with van der Waals surface area (Å²) in [4.78, 5) is 26.5. The van der Waals surface area contributed by atoms with E-state index < -0.39 is 5.97 Å². The van der Waals surface area contributed by atoms with Gasteiger partial charge >= 0.3 is 5.97 Å². The summed E-state index contributed by atoms with van der Waals surface area (Å²) in [5.74, 6) is -1.07. The first kappa shape index (κ1) is 16.2. The number of nitrogens with one attached hydrogen (secondary N) is 1. The molecule has 0 fully saturated rings. The second-order valence-corrected chi connectivity index (χ2v) is 5.82. The monoisotopic (exact) mass is 318 g/mol. The Morgan fingerprint density at radius 1 is 1.23 bits per heavy atom. The molecule has 0 aliphatic rings. The first-order valence-corrected chi connectivity index (χ1v) is 7.98. The zero-order valence-electron chi connectivity index (χ0n) is 12.3. The van der Waals surface area contributed by atoms with Crippen molar-refractivity contribution >= 4 is 23.2 Å². The van der Waals surface area contributed by atoms with Gasteiger partial charge in [0.15, 0.2) is 5.69 Å². The third kappa shape index (κ3) is 4.66. The molecule has 0 aliphatic heterocycles. The number of hydrogen-bond donors (Lipinski definition) is 2. The molecule has 1 aromatic heterocycles. The molecule has 6 heteroatoms. The summed E-state index contributed by atoms with van der Waals surface area (Å²) in [6, 6.07) is 8.01. The lowest BCUT2D eigenvalue weighted by molar-refractivity contribution is -0.120.